The smallest absolute Gasteiger partial charge is 0.338 e. The number of halogens is 1. The highest BCUT2D eigenvalue weighted by molar-refractivity contribution is 6.30. The van der Waals surface area contributed by atoms with Crippen LogP contribution < -0.4 is 11.5 Å². The molecule has 1 unspecified atom stereocenters. The zero-order valence-electron chi connectivity index (χ0n) is 12.2. The summed E-state index contributed by atoms with van der Waals surface area (Å²) in [7, 11) is 2.73. The second-order valence-corrected chi connectivity index (χ2v) is 4.94. The van der Waals surface area contributed by atoms with Crippen molar-refractivity contribution in [2.45, 2.75) is 6.23 Å². The number of pyridine rings is 1. The first-order chi connectivity index (χ1) is 10.5. The minimum atomic E-state index is -0.856. The molecule has 0 aliphatic heterocycles. The van der Waals surface area contributed by atoms with Gasteiger partial charge < -0.3 is 20.9 Å². The number of rotatable bonds is 4. The maximum Gasteiger partial charge on any atom is 0.338 e. The lowest BCUT2D eigenvalue weighted by Crippen LogP contribution is -2.19. The number of hydrogen-bond acceptors (Lipinski definition) is 6. The van der Waals surface area contributed by atoms with Crippen LogP contribution in [0, 0.1) is 0 Å². The molecule has 22 heavy (non-hydrogen) atoms. The third-order valence-electron chi connectivity index (χ3n) is 3.21. The molecule has 0 fully saturated rings. The molecule has 0 aliphatic carbocycles. The number of benzene rings is 1. The second kappa shape index (κ2) is 6.74. The van der Waals surface area contributed by atoms with Crippen molar-refractivity contribution in [2.24, 2.45) is 5.73 Å². The number of ether oxygens (including phenoxy) is 2. The monoisotopic (exact) mass is 321 g/mol. The predicted octanol–water partition coefficient (Wildman–Crippen LogP) is 2.37. The van der Waals surface area contributed by atoms with Crippen LogP contribution in [0.4, 0.5) is 5.69 Å². The van der Waals surface area contributed by atoms with Gasteiger partial charge in [-0.05, 0) is 24.3 Å². The number of anilines is 1. The van der Waals surface area contributed by atoms with Crippen molar-refractivity contribution < 1.29 is 14.3 Å². The minimum Gasteiger partial charge on any atom is -0.465 e. The van der Waals surface area contributed by atoms with Crippen molar-refractivity contribution in [3.05, 3.63) is 46.6 Å². The molecule has 7 heteroatoms. The number of hydrogen-bond donors (Lipinski definition) is 2. The van der Waals surface area contributed by atoms with E-state index >= 15 is 0 Å². The Morgan fingerprint density at radius 2 is 2.00 bits per heavy atom. The predicted molar refractivity (Wildman–Crippen MR) is 84.4 cm³/mol. The first-order valence-corrected chi connectivity index (χ1v) is 6.78. The van der Waals surface area contributed by atoms with Crippen LogP contribution in [0.1, 0.15) is 22.1 Å². The summed E-state index contributed by atoms with van der Waals surface area (Å²) in [6.45, 7) is 0. The maximum atomic E-state index is 12.0. The Bertz CT molecular complexity index is 689. The zero-order chi connectivity index (χ0) is 16.3. The van der Waals surface area contributed by atoms with Crippen LogP contribution in [0.3, 0.4) is 0 Å². The van der Waals surface area contributed by atoms with Gasteiger partial charge in [-0.1, -0.05) is 11.6 Å². The molecule has 0 aliphatic rings. The van der Waals surface area contributed by atoms with Crippen LogP contribution in [0.2, 0.25) is 5.02 Å². The van der Waals surface area contributed by atoms with Crippen molar-refractivity contribution in [3.8, 4) is 11.3 Å². The van der Waals surface area contributed by atoms with E-state index in [1.54, 1.807) is 24.3 Å². The Morgan fingerprint density at radius 1 is 1.27 bits per heavy atom. The molecule has 0 spiro atoms. The van der Waals surface area contributed by atoms with Gasteiger partial charge in [-0.25, -0.2) is 4.79 Å². The summed E-state index contributed by atoms with van der Waals surface area (Å²) in [5.41, 5.74) is 14.2. The van der Waals surface area contributed by atoms with Gasteiger partial charge in [0.15, 0.2) is 0 Å². The maximum absolute atomic E-state index is 12.0. The Labute approximate surface area is 133 Å². The van der Waals surface area contributed by atoms with Crippen LogP contribution in [0.25, 0.3) is 11.3 Å². The topological polar surface area (TPSA) is 100 Å². The molecular formula is C15H16ClN3O3. The number of nitrogens with two attached hydrogens (primary N) is 2. The largest absolute Gasteiger partial charge is 0.465 e. The molecule has 2 rings (SSSR count). The number of nitrogens with zero attached hydrogens (tertiary/aromatic N) is 1. The summed E-state index contributed by atoms with van der Waals surface area (Å²) in [4.78, 5) is 16.2. The second-order valence-electron chi connectivity index (χ2n) is 4.50. The van der Waals surface area contributed by atoms with Crippen molar-refractivity contribution >= 4 is 23.3 Å². The minimum absolute atomic E-state index is 0.276. The van der Waals surface area contributed by atoms with E-state index in [4.69, 9.17) is 32.5 Å². The van der Waals surface area contributed by atoms with Crippen LogP contribution in [-0.2, 0) is 9.47 Å². The lowest BCUT2D eigenvalue weighted by molar-refractivity contribution is 0.0586. The molecule has 1 aromatic heterocycles. The number of esters is 1. The van der Waals surface area contributed by atoms with Crippen molar-refractivity contribution in [2.75, 3.05) is 20.0 Å². The first-order valence-electron chi connectivity index (χ1n) is 6.40. The molecule has 116 valence electrons. The summed E-state index contributed by atoms with van der Waals surface area (Å²) in [6.07, 6.45) is 0.633. The summed E-state index contributed by atoms with van der Waals surface area (Å²) in [5, 5.41) is 0.490. The fraction of sp³-hybridized carbons (Fsp3) is 0.200. The van der Waals surface area contributed by atoms with E-state index in [0.717, 1.165) is 0 Å². The van der Waals surface area contributed by atoms with Crippen LogP contribution in [-0.4, -0.2) is 25.2 Å². The van der Waals surface area contributed by atoms with E-state index in [-0.39, 0.29) is 5.56 Å². The van der Waals surface area contributed by atoms with Crippen molar-refractivity contribution in [1.82, 2.24) is 4.98 Å². The molecule has 1 aromatic carbocycles. The van der Waals surface area contributed by atoms with Crippen LogP contribution in [0.15, 0.2) is 30.5 Å². The average molecular weight is 322 g/mol. The highest BCUT2D eigenvalue weighted by atomic mass is 35.5. The van der Waals surface area contributed by atoms with E-state index in [9.17, 15) is 4.79 Å². The normalized spacial score (nSPS) is 12.0. The van der Waals surface area contributed by atoms with Gasteiger partial charge in [-0.15, -0.1) is 0 Å². The quantitative estimate of drug-likeness (QED) is 0.509. The highest BCUT2D eigenvalue weighted by Crippen LogP contribution is 2.35. The average Bonchev–Trinajstić information content (AvgIpc) is 2.54. The molecule has 0 radical (unpaired) electrons. The van der Waals surface area contributed by atoms with E-state index in [0.29, 0.717) is 27.5 Å². The number of nitrogen functional groups attached to an aromatic ring is 1. The van der Waals surface area contributed by atoms with Gasteiger partial charge >= 0.3 is 5.97 Å². The molecule has 4 N–H and O–H groups in total. The SMILES string of the molecule is COC(=O)c1ccc(N)c(-c2ccc(Cl)cn2)c1C(N)OC. The Kier molecular flexibility index (Phi) is 4.97. The summed E-state index contributed by atoms with van der Waals surface area (Å²) < 4.78 is 9.96. The summed E-state index contributed by atoms with van der Waals surface area (Å²) in [5.74, 6) is -0.530. The van der Waals surface area contributed by atoms with E-state index in [1.807, 2.05) is 0 Å². The lowest BCUT2D eigenvalue weighted by Gasteiger charge is -2.20. The fourth-order valence-electron chi connectivity index (χ4n) is 2.15. The standard InChI is InChI=1S/C15H16ClN3O3/c1-21-14(18)12-9(15(20)22-2)4-5-10(17)13(12)11-6-3-8(16)7-19-11/h3-7,14H,17-18H2,1-2H3. The van der Waals surface area contributed by atoms with Gasteiger partial charge in [-0.2, -0.15) is 0 Å². The lowest BCUT2D eigenvalue weighted by atomic mass is 9.95. The molecule has 0 bridgehead atoms. The van der Waals surface area contributed by atoms with Crippen molar-refractivity contribution in [1.29, 1.82) is 0 Å². The molecule has 0 amide bonds. The third-order valence-corrected chi connectivity index (χ3v) is 3.43. The molecule has 6 nitrogen and oxygen atoms in total. The Morgan fingerprint density at radius 3 is 2.55 bits per heavy atom. The molecular weight excluding hydrogens is 306 g/mol. The van der Waals surface area contributed by atoms with Gasteiger partial charge in [0.25, 0.3) is 0 Å². The highest BCUT2D eigenvalue weighted by Gasteiger charge is 2.24. The number of aromatic nitrogens is 1. The summed E-state index contributed by atoms with van der Waals surface area (Å²) >= 11 is 5.86. The van der Waals surface area contributed by atoms with Crippen LogP contribution >= 0.6 is 11.6 Å². The van der Waals surface area contributed by atoms with Crippen molar-refractivity contribution in [3.63, 3.8) is 0 Å². The van der Waals surface area contributed by atoms with Gasteiger partial charge in [-0.3, -0.25) is 4.98 Å². The number of carbonyl (C=O) groups excluding carboxylic acids is 1. The van der Waals surface area contributed by atoms with E-state index in [1.165, 1.54) is 20.4 Å². The number of methoxy groups -OCH3 is 2. The van der Waals surface area contributed by atoms with Gasteiger partial charge in [0.1, 0.15) is 6.23 Å². The van der Waals surface area contributed by atoms with Crippen LogP contribution in [0.5, 0.6) is 0 Å². The Hall–Kier alpha value is -2.15. The molecule has 0 saturated carbocycles. The van der Waals surface area contributed by atoms with E-state index < -0.39 is 12.2 Å². The van der Waals surface area contributed by atoms with E-state index in [2.05, 4.69) is 4.98 Å². The first kappa shape index (κ1) is 16.2. The molecule has 1 heterocycles. The van der Waals surface area contributed by atoms with Gasteiger partial charge in [0.05, 0.1) is 23.4 Å². The fourth-order valence-corrected chi connectivity index (χ4v) is 2.26. The zero-order valence-corrected chi connectivity index (χ0v) is 12.9. The molecule has 0 saturated heterocycles. The third kappa shape index (κ3) is 3.04. The summed E-state index contributed by atoms with van der Waals surface area (Å²) in [6, 6.07) is 6.52. The molecule has 1 atom stereocenters. The van der Waals surface area contributed by atoms with Gasteiger partial charge in [0, 0.05) is 30.1 Å². The van der Waals surface area contributed by atoms with Gasteiger partial charge in [0.2, 0.25) is 0 Å². The number of carbonyl (C=O) groups is 1. The molecule has 2 aromatic rings. The Balaban J connectivity index is 2.75.